The van der Waals surface area contributed by atoms with Gasteiger partial charge in [-0.05, 0) is 30.7 Å². The van der Waals surface area contributed by atoms with Gasteiger partial charge in [-0.3, -0.25) is 4.79 Å². The van der Waals surface area contributed by atoms with E-state index in [9.17, 15) is 4.79 Å². The zero-order chi connectivity index (χ0) is 9.97. The number of anilines is 1. The maximum absolute atomic E-state index is 11.6. The molecule has 0 saturated carbocycles. The molecule has 1 aromatic carbocycles. The van der Waals surface area contributed by atoms with E-state index in [0.29, 0.717) is 0 Å². The molecule has 1 heterocycles. The van der Waals surface area contributed by atoms with Crippen LogP contribution in [0.1, 0.15) is 22.3 Å². The van der Waals surface area contributed by atoms with Gasteiger partial charge in [-0.25, -0.2) is 0 Å². The summed E-state index contributed by atoms with van der Waals surface area (Å²) < 4.78 is 0. The fraction of sp³-hybridized carbons (Fsp3) is 0.364. The first-order valence-corrected chi connectivity index (χ1v) is 5.99. The first kappa shape index (κ1) is 9.59. The molecule has 1 aliphatic heterocycles. The van der Waals surface area contributed by atoms with Gasteiger partial charge in [0.15, 0.2) is 0 Å². The largest absolute Gasteiger partial charge is 0.384 e. The second kappa shape index (κ2) is 4.05. The van der Waals surface area contributed by atoms with Gasteiger partial charge < -0.3 is 5.32 Å². The van der Waals surface area contributed by atoms with Gasteiger partial charge in [-0.1, -0.05) is 23.9 Å². The van der Waals surface area contributed by atoms with Crippen LogP contribution in [0.25, 0.3) is 0 Å². The summed E-state index contributed by atoms with van der Waals surface area (Å²) in [6, 6.07) is 5.96. The van der Waals surface area contributed by atoms with Crippen LogP contribution >= 0.6 is 11.8 Å². The quantitative estimate of drug-likeness (QED) is 0.767. The number of thioether (sulfide) groups is 1. The van der Waals surface area contributed by atoms with Crippen LogP contribution in [0.5, 0.6) is 0 Å². The molecule has 2 nitrogen and oxygen atoms in total. The number of fused-ring (bicyclic) bond motifs is 1. The van der Waals surface area contributed by atoms with Gasteiger partial charge in [0, 0.05) is 12.2 Å². The molecule has 0 spiro atoms. The second-order valence-electron chi connectivity index (χ2n) is 3.36. The van der Waals surface area contributed by atoms with Gasteiger partial charge >= 0.3 is 0 Å². The summed E-state index contributed by atoms with van der Waals surface area (Å²) in [5.41, 5.74) is 3.16. The van der Waals surface area contributed by atoms with E-state index in [1.165, 1.54) is 17.3 Å². The summed E-state index contributed by atoms with van der Waals surface area (Å²) in [5.74, 6) is 0. The predicted octanol–water partition coefficient (Wildman–Crippen LogP) is 2.55. The summed E-state index contributed by atoms with van der Waals surface area (Å²) in [6.45, 7) is 0.978. The molecule has 74 valence electrons. The molecular formula is C11H13NOS. The van der Waals surface area contributed by atoms with Crippen molar-refractivity contribution in [1.29, 1.82) is 0 Å². The SMILES string of the molecule is CSC(=O)c1cccc2c1NCCC2. The number of rotatable bonds is 1. The number of benzene rings is 1. The monoisotopic (exact) mass is 207 g/mol. The molecule has 1 aliphatic rings. The third-order valence-corrected chi connectivity index (χ3v) is 3.07. The smallest absolute Gasteiger partial charge is 0.221 e. The topological polar surface area (TPSA) is 29.1 Å². The lowest BCUT2D eigenvalue weighted by atomic mass is 10.00. The Bertz CT molecular complexity index is 362. The molecule has 0 aliphatic carbocycles. The van der Waals surface area contributed by atoms with Crippen LogP contribution in [0.2, 0.25) is 0 Å². The molecule has 0 unspecified atom stereocenters. The van der Waals surface area contributed by atoms with E-state index in [2.05, 4.69) is 11.4 Å². The molecule has 0 atom stereocenters. The molecule has 0 aromatic heterocycles. The van der Waals surface area contributed by atoms with Crippen LogP contribution in [0.4, 0.5) is 5.69 Å². The van der Waals surface area contributed by atoms with Crippen LogP contribution in [0, 0.1) is 0 Å². The third-order valence-electron chi connectivity index (χ3n) is 2.48. The van der Waals surface area contributed by atoms with Crippen molar-refractivity contribution in [2.45, 2.75) is 12.8 Å². The third kappa shape index (κ3) is 1.64. The van der Waals surface area contributed by atoms with Crippen LogP contribution in [0.15, 0.2) is 18.2 Å². The highest BCUT2D eigenvalue weighted by molar-refractivity contribution is 8.13. The summed E-state index contributed by atoms with van der Waals surface area (Å²) in [4.78, 5) is 11.6. The number of carbonyl (C=O) groups excluding carboxylic acids is 1. The average Bonchev–Trinajstić information content (AvgIpc) is 2.27. The van der Waals surface area contributed by atoms with Crippen molar-refractivity contribution in [3.63, 3.8) is 0 Å². The molecule has 0 amide bonds. The number of nitrogens with one attached hydrogen (secondary N) is 1. The highest BCUT2D eigenvalue weighted by atomic mass is 32.2. The van der Waals surface area contributed by atoms with Crippen molar-refractivity contribution in [2.24, 2.45) is 0 Å². The van der Waals surface area contributed by atoms with E-state index < -0.39 is 0 Å². The Morgan fingerprint density at radius 3 is 3.14 bits per heavy atom. The Labute approximate surface area is 88.1 Å². The van der Waals surface area contributed by atoms with Gasteiger partial charge in [0.25, 0.3) is 0 Å². The van der Waals surface area contributed by atoms with Gasteiger partial charge in [0.1, 0.15) is 0 Å². The van der Waals surface area contributed by atoms with Crippen LogP contribution < -0.4 is 5.32 Å². The van der Waals surface area contributed by atoms with Gasteiger partial charge in [-0.15, -0.1) is 0 Å². The second-order valence-corrected chi connectivity index (χ2v) is 4.14. The molecule has 1 aromatic rings. The van der Waals surface area contributed by atoms with Gasteiger partial charge in [-0.2, -0.15) is 0 Å². The van der Waals surface area contributed by atoms with E-state index in [1.54, 1.807) is 0 Å². The van der Waals surface area contributed by atoms with Crippen molar-refractivity contribution in [2.75, 3.05) is 18.1 Å². The summed E-state index contributed by atoms with van der Waals surface area (Å²) in [5, 5.41) is 3.46. The summed E-state index contributed by atoms with van der Waals surface area (Å²) >= 11 is 1.27. The number of para-hydroxylation sites is 1. The first-order valence-electron chi connectivity index (χ1n) is 4.77. The van der Waals surface area contributed by atoms with Crippen molar-refractivity contribution >= 4 is 22.6 Å². The maximum atomic E-state index is 11.6. The normalized spacial score (nSPS) is 14.4. The molecule has 0 bridgehead atoms. The predicted molar refractivity (Wildman–Crippen MR) is 61.1 cm³/mol. The van der Waals surface area contributed by atoms with Crippen molar-refractivity contribution in [3.05, 3.63) is 29.3 Å². The lowest BCUT2D eigenvalue weighted by Crippen LogP contribution is -2.14. The van der Waals surface area contributed by atoms with Gasteiger partial charge in [0.2, 0.25) is 5.12 Å². The van der Waals surface area contributed by atoms with E-state index >= 15 is 0 Å². The zero-order valence-corrected chi connectivity index (χ0v) is 8.99. The fourth-order valence-corrected chi connectivity index (χ4v) is 2.18. The van der Waals surface area contributed by atoms with Gasteiger partial charge in [0.05, 0.1) is 5.56 Å². The number of aryl methyl sites for hydroxylation is 1. The van der Waals surface area contributed by atoms with E-state index in [-0.39, 0.29) is 5.12 Å². The van der Waals surface area contributed by atoms with Crippen LogP contribution in [0.3, 0.4) is 0 Å². The molecule has 3 heteroatoms. The number of carbonyl (C=O) groups is 1. The van der Waals surface area contributed by atoms with E-state index in [4.69, 9.17) is 0 Å². The minimum absolute atomic E-state index is 0.149. The molecule has 0 saturated heterocycles. The van der Waals surface area contributed by atoms with E-state index in [1.807, 2.05) is 18.4 Å². The highest BCUT2D eigenvalue weighted by Crippen LogP contribution is 2.28. The molecule has 1 N–H and O–H groups in total. The minimum Gasteiger partial charge on any atom is -0.384 e. The Morgan fingerprint density at radius 1 is 1.50 bits per heavy atom. The molecule has 0 radical (unpaired) electrons. The standard InChI is InChI=1S/C11H13NOS/c1-14-11(13)9-6-2-4-8-5-3-7-12-10(8)9/h2,4,6,12H,3,5,7H2,1H3. The molecule has 0 fully saturated rings. The Kier molecular flexibility index (Phi) is 2.77. The molecule has 14 heavy (non-hydrogen) atoms. The van der Waals surface area contributed by atoms with Crippen molar-refractivity contribution in [3.8, 4) is 0 Å². The molecule has 2 rings (SSSR count). The Balaban J connectivity index is 2.45. The first-order chi connectivity index (χ1) is 6.83. The van der Waals surface area contributed by atoms with Crippen molar-refractivity contribution < 1.29 is 4.79 Å². The maximum Gasteiger partial charge on any atom is 0.221 e. The number of hydrogen-bond donors (Lipinski definition) is 1. The Morgan fingerprint density at radius 2 is 2.36 bits per heavy atom. The molecular weight excluding hydrogens is 194 g/mol. The van der Waals surface area contributed by atoms with Crippen LogP contribution in [-0.4, -0.2) is 17.9 Å². The van der Waals surface area contributed by atoms with Crippen LogP contribution in [-0.2, 0) is 6.42 Å². The average molecular weight is 207 g/mol. The Hall–Kier alpha value is -0.960. The highest BCUT2D eigenvalue weighted by Gasteiger charge is 2.16. The van der Waals surface area contributed by atoms with Crippen molar-refractivity contribution in [1.82, 2.24) is 0 Å². The summed E-state index contributed by atoms with van der Waals surface area (Å²) in [7, 11) is 0. The minimum atomic E-state index is 0.149. The fourth-order valence-electron chi connectivity index (χ4n) is 1.79. The van der Waals surface area contributed by atoms with E-state index in [0.717, 1.165) is 30.6 Å². The summed E-state index contributed by atoms with van der Waals surface area (Å²) in [6.07, 6.45) is 4.06. The zero-order valence-electron chi connectivity index (χ0n) is 8.17. The lowest BCUT2D eigenvalue weighted by molar-refractivity contribution is 0.109. The number of hydrogen-bond acceptors (Lipinski definition) is 3. The lowest BCUT2D eigenvalue weighted by Gasteiger charge is -2.20.